The van der Waals surface area contributed by atoms with Gasteiger partial charge in [-0.25, -0.2) is 15.0 Å². The number of pyridine rings is 4. The van der Waals surface area contributed by atoms with Crippen molar-refractivity contribution in [3.8, 4) is 0 Å². The number of hydrogen-bond acceptors (Lipinski definition) is 12. The predicted octanol–water partition coefficient (Wildman–Crippen LogP) is 19.1. The number of carbonyl (C=O) groups is 6. The van der Waals surface area contributed by atoms with E-state index in [0.717, 1.165) is 71.1 Å². The first-order valence-corrected chi connectivity index (χ1v) is 31.6. The maximum Gasteiger partial charge on any atom is 0.185 e. The molecule has 0 atom stereocenters. The summed E-state index contributed by atoms with van der Waals surface area (Å²) >= 11 is 0. The number of hydrogen-bond donors (Lipinski definition) is 0. The number of carbonyl (C=O) groups excluding carboxylic acids is 6. The smallest absolute Gasteiger partial charge is 0.185 e. The number of benzene rings is 6. The van der Waals surface area contributed by atoms with Gasteiger partial charge in [0.05, 0.1) is 22.2 Å². The first-order chi connectivity index (χ1) is 43.6. The minimum atomic E-state index is -0.0471. The maximum absolute atomic E-state index is 12.1. The fourth-order valence-electron chi connectivity index (χ4n) is 9.72. The molecule has 11 rings (SSSR count). The van der Waals surface area contributed by atoms with Crippen LogP contribution < -0.4 is 0 Å². The van der Waals surface area contributed by atoms with Gasteiger partial charge in [-0.15, -0.1) is 0 Å². The Hall–Kier alpha value is -9.68. The Morgan fingerprint density at radius 3 is 1.30 bits per heavy atom. The average Bonchev–Trinajstić information content (AvgIpc) is 0.921. The van der Waals surface area contributed by atoms with Gasteiger partial charge in [0.15, 0.2) is 34.7 Å². The molecule has 0 aliphatic carbocycles. The molecule has 92 heavy (non-hydrogen) atoms. The summed E-state index contributed by atoms with van der Waals surface area (Å²) in [6, 6.07) is 49.4. The van der Waals surface area contributed by atoms with Crippen LogP contribution in [0.2, 0.25) is 0 Å². The van der Waals surface area contributed by atoms with Gasteiger partial charge in [0, 0.05) is 75.8 Å². The van der Waals surface area contributed by atoms with Crippen molar-refractivity contribution in [2.45, 2.75) is 125 Å². The Bertz CT molecular complexity index is 4350. The van der Waals surface area contributed by atoms with Gasteiger partial charge in [-0.05, 0) is 146 Å². The third-order valence-electron chi connectivity index (χ3n) is 15.4. The van der Waals surface area contributed by atoms with Crippen LogP contribution in [0.15, 0.2) is 170 Å². The minimum Gasteiger partial charge on any atom is -0.294 e. The molecule has 0 unspecified atom stereocenters. The first-order valence-electron chi connectivity index (χ1n) is 31.6. The lowest BCUT2D eigenvalue weighted by Gasteiger charge is -2.10. The van der Waals surface area contributed by atoms with E-state index in [0.29, 0.717) is 34.2 Å². The second kappa shape index (κ2) is 32.9. The van der Waals surface area contributed by atoms with Crippen LogP contribution in [-0.4, -0.2) is 64.6 Å². The number of nitrogens with zero attached hydrogens (tertiary/aromatic N) is 6. The molecule has 5 aromatic heterocycles. The third kappa shape index (κ3) is 18.7. The largest absolute Gasteiger partial charge is 0.294 e. The highest BCUT2D eigenvalue weighted by Crippen LogP contribution is 2.25. The van der Waals surface area contributed by atoms with Crippen molar-refractivity contribution in [2.75, 3.05) is 0 Å². The van der Waals surface area contributed by atoms with Crippen molar-refractivity contribution >= 4 is 89.0 Å². The highest BCUT2D eigenvalue weighted by atomic mass is 16.1. The summed E-state index contributed by atoms with van der Waals surface area (Å²) in [6.45, 7) is 34.6. The molecule has 0 N–H and O–H groups in total. The Morgan fingerprint density at radius 2 is 0.728 bits per heavy atom. The summed E-state index contributed by atoms with van der Waals surface area (Å²) in [5, 5.41) is 7.58. The fraction of sp³-hybridized carbons (Fsp3) is 0.300. The van der Waals surface area contributed by atoms with Gasteiger partial charge in [-0.3, -0.25) is 43.7 Å². The number of aromatic nitrogens is 6. The molecule has 0 spiro atoms. The Morgan fingerprint density at radius 1 is 0.293 bits per heavy atom. The summed E-state index contributed by atoms with van der Waals surface area (Å²) in [5.74, 6) is 0.724. The Kier molecular flexibility index (Phi) is 25.5. The van der Waals surface area contributed by atoms with E-state index in [2.05, 4.69) is 74.1 Å². The summed E-state index contributed by atoms with van der Waals surface area (Å²) < 4.78 is 0. The minimum absolute atomic E-state index is 0.00124. The molecule has 0 aliphatic heterocycles. The van der Waals surface area contributed by atoms with Crippen LogP contribution in [0.4, 0.5) is 0 Å². The van der Waals surface area contributed by atoms with E-state index in [4.69, 9.17) is 0 Å². The molecule has 0 bridgehead atoms. The van der Waals surface area contributed by atoms with E-state index in [1.807, 2.05) is 232 Å². The van der Waals surface area contributed by atoms with Gasteiger partial charge in [0.25, 0.3) is 0 Å². The molecule has 0 fully saturated rings. The van der Waals surface area contributed by atoms with Crippen molar-refractivity contribution in [1.82, 2.24) is 29.9 Å². The fourth-order valence-corrected chi connectivity index (χ4v) is 9.72. The summed E-state index contributed by atoms with van der Waals surface area (Å²) in [4.78, 5) is 96.9. The zero-order valence-electron chi connectivity index (χ0n) is 56.8. The quantitative estimate of drug-likeness (QED) is 0.106. The van der Waals surface area contributed by atoms with Gasteiger partial charge in [0.2, 0.25) is 0 Å². The highest BCUT2D eigenvalue weighted by molar-refractivity contribution is 6.07. The lowest BCUT2D eigenvalue weighted by molar-refractivity contribution is 0.0926. The van der Waals surface area contributed by atoms with Gasteiger partial charge >= 0.3 is 0 Å². The number of Topliss-reactive ketones (excluding diaryl/α,β-unsaturated/α-hetero) is 6. The first kappa shape index (κ1) is 71.4. The number of rotatable bonds is 12. The van der Waals surface area contributed by atoms with E-state index in [-0.39, 0.29) is 70.2 Å². The maximum atomic E-state index is 12.1. The topological polar surface area (TPSA) is 180 Å². The summed E-state index contributed by atoms with van der Waals surface area (Å²) in [7, 11) is 0. The zero-order valence-corrected chi connectivity index (χ0v) is 56.8. The lowest BCUT2D eigenvalue weighted by Crippen LogP contribution is -2.12. The lowest BCUT2D eigenvalue weighted by atomic mass is 9.94. The third-order valence-corrected chi connectivity index (χ3v) is 15.4. The van der Waals surface area contributed by atoms with E-state index in [1.54, 1.807) is 18.6 Å². The van der Waals surface area contributed by atoms with Crippen LogP contribution in [0, 0.1) is 77.0 Å². The van der Waals surface area contributed by atoms with Crippen molar-refractivity contribution in [3.05, 3.63) is 238 Å². The second-order valence-electron chi connectivity index (χ2n) is 25.0. The number of para-hydroxylation sites is 2. The van der Waals surface area contributed by atoms with Crippen LogP contribution in [0.1, 0.15) is 179 Å². The molecule has 474 valence electrons. The Balaban J connectivity index is 0.000000176. The SMILES string of the molecule is CC(C)C(=O)c1cc2ccccc2cn1.CC(C)C(=O)c1nccc2ccccc12.Cc1cc2cc(C)c(C(=O)C(C)C)nc2cc1C.Cc1cc2ccccc2cc1C(=O)C(C)C.Cc1cccnc1C(=O)C(C)C.Cc1nc2ccccc2nc1C(=O)C(C)C. The van der Waals surface area contributed by atoms with Crippen LogP contribution in [0.25, 0.3) is 54.3 Å². The van der Waals surface area contributed by atoms with Crippen molar-refractivity contribution in [3.63, 3.8) is 0 Å². The van der Waals surface area contributed by atoms with E-state index in [9.17, 15) is 28.8 Å². The average molecular weight is 1230 g/mol. The molecular formula is C80H88N6O6. The zero-order chi connectivity index (χ0) is 67.7. The van der Waals surface area contributed by atoms with E-state index < -0.39 is 0 Å². The van der Waals surface area contributed by atoms with Gasteiger partial charge in [-0.1, -0.05) is 180 Å². The molecular weight excluding hydrogens is 1140 g/mol. The molecule has 0 saturated carbocycles. The number of ketones is 6. The molecule has 12 heteroatoms. The van der Waals surface area contributed by atoms with Crippen LogP contribution in [-0.2, 0) is 0 Å². The van der Waals surface area contributed by atoms with Gasteiger partial charge < -0.3 is 0 Å². The molecule has 0 aliphatic rings. The molecule has 5 heterocycles. The molecule has 6 aromatic carbocycles. The predicted molar refractivity (Wildman–Crippen MR) is 376 cm³/mol. The standard InChI is InChI=1S/C16H19NO.C15H16O.C13H14N2O.2C13H13NO.C10H13NO/c1-9(2)16(18)15-12(5)7-13-6-10(3)11(4)8-14(13)17-15;1-10(2)15(16)14-9-13-7-5-4-6-12(13)8-11(14)3;1-8(2)13(16)12-9(3)14-10-6-4-5-7-11(10)15-12;1-9(2)13(15)12-7-10-5-3-4-6-11(10)8-14-12;1-9(2)13(15)12-11-6-4-3-5-10(11)7-8-14-12;1-7(2)10(12)9-8(3)5-4-6-11-9/h6-9H,1-5H3;4-10H,1-3H3;4-8H,1-3H3;2*3-9H,1-2H3;4-7H,1-3H3. The van der Waals surface area contributed by atoms with Crippen molar-refractivity contribution in [2.24, 2.45) is 35.5 Å². The van der Waals surface area contributed by atoms with Gasteiger partial charge in [-0.2, -0.15) is 0 Å². The second-order valence-corrected chi connectivity index (χ2v) is 25.0. The summed E-state index contributed by atoms with van der Waals surface area (Å²) in [6.07, 6.45) is 5.10. The van der Waals surface area contributed by atoms with Crippen LogP contribution >= 0.6 is 0 Å². The van der Waals surface area contributed by atoms with E-state index >= 15 is 0 Å². The number of fused-ring (bicyclic) bond motifs is 5. The monoisotopic (exact) mass is 1230 g/mol. The molecule has 0 amide bonds. The Labute approximate surface area is 542 Å². The van der Waals surface area contributed by atoms with Crippen molar-refractivity contribution < 1.29 is 28.8 Å². The normalized spacial score (nSPS) is 10.9. The van der Waals surface area contributed by atoms with Crippen molar-refractivity contribution in [1.29, 1.82) is 0 Å². The van der Waals surface area contributed by atoms with Crippen LogP contribution in [0.3, 0.4) is 0 Å². The number of aryl methyl sites for hydroxylation is 6. The molecule has 11 aromatic rings. The highest BCUT2D eigenvalue weighted by Gasteiger charge is 2.20. The van der Waals surface area contributed by atoms with Gasteiger partial charge in [0.1, 0.15) is 28.5 Å². The molecule has 12 nitrogen and oxygen atoms in total. The molecule has 0 saturated heterocycles. The molecule has 0 radical (unpaired) electrons. The van der Waals surface area contributed by atoms with Crippen LogP contribution in [0.5, 0.6) is 0 Å². The summed E-state index contributed by atoms with van der Waals surface area (Å²) in [5.41, 5.74) is 12.4. The van der Waals surface area contributed by atoms with E-state index in [1.165, 1.54) is 16.5 Å².